The fourth-order valence-electron chi connectivity index (χ4n) is 6.91. The summed E-state index contributed by atoms with van der Waals surface area (Å²) in [4.78, 5) is 38.1. The molecule has 4 N–H and O–H groups in total. The number of aliphatic hydroxyl groups is 1. The molecule has 5 rings (SSSR count). The molecule has 0 aromatic heterocycles. The second-order valence-corrected chi connectivity index (χ2v) is 11.7. The van der Waals surface area contributed by atoms with Crippen molar-refractivity contribution in [3.05, 3.63) is 35.9 Å². The molecule has 4 aliphatic rings. The van der Waals surface area contributed by atoms with Gasteiger partial charge in [-0.1, -0.05) is 30.3 Å². The molecule has 0 saturated heterocycles. The number of carboxylic acid groups (broad SMARTS) is 1. The Bertz CT molecular complexity index is 926. The molecular formula is C26H36N2O6. The number of aliphatic carboxylic acids is 1. The van der Waals surface area contributed by atoms with E-state index >= 15 is 0 Å². The third-order valence-corrected chi connectivity index (χ3v) is 7.51. The molecule has 4 fully saturated rings. The molecule has 1 aromatic carbocycles. The van der Waals surface area contributed by atoms with Crippen molar-refractivity contribution in [1.29, 1.82) is 0 Å². The smallest absolute Gasteiger partial charge is 0.408 e. The van der Waals surface area contributed by atoms with Gasteiger partial charge in [0.15, 0.2) is 0 Å². The van der Waals surface area contributed by atoms with E-state index in [1.54, 1.807) is 45.0 Å². The van der Waals surface area contributed by atoms with Crippen molar-refractivity contribution in [1.82, 2.24) is 10.6 Å². The predicted molar refractivity (Wildman–Crippen MR) is 125 cm³/mol. The molecule has 8 nitrogen and oxygen atoms in total. The largest absolute Gasteiger partial charge is 0.481 e. The number of amides is 2. The number of hydrogen-bond acceptors (Lipinski definition) is 5. The molecule has 2 amide bonds. The van der Waals surface area contributed by atoms with Gasteiger partial charge in [0, 0.05) is 5.41 Å². The number of hydrogen-bond donors (Lipinski definition) is 4. The Morgan fingerprint density at radius 1 is 1.06 bits per heavy atom. The second kappa shape index (κ2) is 8.87. The van der Waals surface area contributed by atoms with Gasteiger partial charge in [0.2, 0.25) is 5.91 Å². The van der Waals surface area contributed by atoms with E-state index < -0.39 is 46.7 Å². The van der Waals surface area contributed by atoms with Crippen LogP contribution in [0.25, 0.3) is 0 Å². The topological polar surface area (TPSA) is 125 Å². The van der Waals surface area contributed by atoms with Gasteiger partial charge in [0.25, 0.3) is 0 Å². The lowest BCUT2D eigenvalue weighted by molar-refractivity contribution is -0.177. The summed E-state index contributed by atoms with van der Waals surface area (Å²) in [7, 11) is 0. The zero-order valence-electron chi connectivity index (χ0n) is 20.2. The Hall–Kier alpha value is -2.61. The molecule has 34 heavy (non-hydrogen) atoms. The summed E-state index contributed by atoms with van der Waals surface area (Å²) >= 11 is 0. The van der Waals surface area contributed by atoms with Gasteiger partial charge in [0.05, 0.1) is 18.1 Å². The van der Waals surface area contributed by atoms with Crippen LogP contribution in [-0.2, 0) is 14.3 Å². The molecule has 4 saturated carbocycles. The van der Waals surface area contributed by atoms with Crippen LogP contribution in [0.2, 0.25) is 0 Å². The van der Waals surface area contributed by atoms with Crippen molar-refractivity contribution < 1.29 is 29.3 Å². The molecule has 4 bridgehead atoms. The van der Waals surface area contributed by atoms with Gasteiger partial charge in [-0.05, 0) is 76.7 Å². The molecule has 0 spiro atoms. The number of nitrogens with one attached hydrogen (secondary N) is 2. The first-order valence-corrected chi connectivity index (χ1v) is 12.2. The zero-order valence-corrected chi connectivity index (χ0v) is 20.2. The fraction of sp³-hybridized carbons (Fsp3) is 0.654. The van der Waals surface area contributed by atoms with E-state index in [4.69, 9.17) is 4.74 Å². The van der Waals surface area contributed by atoms with Crippen LogP contribution in [0.3, 0.4) is 0 Å². The first-order chi connectivity index (χ1) is 15.9. The third-order valence-electron chi connectivity index (χ3n) is 7.51. The molecule has 8 heteroatoms. The first kappa shape index (κ1) is 24.5. The first-order valence-electron chi connectivity index (χ1n) is 12.2. The summed E-state index contributed by atoms with van der Waals surface area (Å²) in [6.07, 6.45) is 3.46. The van der Waals surface area contributed by atoms with Crippen LogP contribution in [-0.4, -0.2) is 45.4 Å². The van der Waals surface area contributed by atoms with Crippen LogP contribution in [0.15, 0.2) is 30.3 Å². The highest BCUT2D eigenvalue weighted by atomic mass is 16.6. The third kappa shape index (κ3) is 5.37. The minimum Gasteiger partial charge on any atom is -0.481 e. The molecule has 2 unspecified atom stereocenters. The maximum absolute atomic E-state index is 13.8. The molecule has 0 aliphatic heterocycles. The lowest BCUT2D eigenvalue weighted by atomic mass is 9.46. The van der Waals surface area contributed by atoms with Crippen LogP contribution in [0.5, 0.6) is 0 Å². The summed E-state index contributed by atoms with van der Waals surface area (Å²) in [6.45, 7) is 5.27. The lowest BCUT2D eigenvalue weighted by Crippen LogP contribution is -2.66. The quantitative estimate of drug-likeness (QED) is 0.481. The lowest BCUT2D eigenvalue weighted by Gasteiger charge is -2.62. The summed E-state index contributed by atoms with van der Waals surface area (Å²) in [5, 5.41) is 26.4. The van der Waals surface area contributed by atoms with E-state index in [1.807, 2.05) is 6.07 Å². The van der Waals surface area contributed by atoms with Crippen molar-refractivity contribution in [2.75, 3.05) is 0 Å². The monoisotopic (exact) mass is 472 g/mol. The Kier molecular flexibility index (Phi) is 6.40. The van der Waals surface area contributed by atoms with Crippen molar-refractivity contribution in [2.24, 2.45) is 17.3 Å². The van der Waals surface area contributed by atoms with Gasteiger partial charge < -0.3 is 25.6 Å². The summed E-state index contributed by atoms with van der Waals surface area (Å²) < 4.78 is 5.47. The summed E-state index contributed by atoms with van der Waals surface area (Å²) in [5.74, 6) is -0.849. The highest BCUT2D eigenvalue weighted by molar-refractivity contribution is 5.87. The standard InChI is InChI=1S/C26H36N2O6/c1-24(2,3)34-23(32)28-21(25-11-16-9-17(12-25)14-26(33,13-16)15-25)22(31)27-19(10-20(29)30)18-7-5-4-6-8-18/h4-8,16-17,19,21,33H,9-15H2,1-3H3,(H,27,31)(H,28,32)(H,29,30)/t16?,17?,19-,21+,25?,26?/m1/s1. The van der Waals surface area contributed by atoms with Gasteiger partial charge in [-0.15, -0.1) is 0 Å². The van der Waals surface area contributed by atoms with Gasteiger partial charge >= 0.3 is 12.1 Å². The number of carbonyl (C=O) groups excluding carboxylic acids is 2. The maximum atomic E-state index is 13.8. The number of ether oxygens (including phenoxy) is 1. The zero-order chi connectivity index (χ0) is 24.7. The molecule has 0 radical (unpaired) electrons. The average molecular weight is 473 g/mol. The molecular weight excluding hydrogens is 436 g/mol. The number of alkyl carbamates (subject to hydrolysis) is 1. The summed E-state index contributed by atoms with van der Waals surface area (Å²) in [5.41, 5.74) is -1.47. The van der Waals surface area contributed by atoms with E-state index in [0.717, 1.165) is 32.1 Å². The Morgan fingerprint density at radius 3 is 2.21 bits per heavy atom. The van der Waals surface area contributed by atoms with Crippen molar-refractivity contribution in [3.63, 3.8) is 0 Å². The van der Waals surface area contributed by atoms with Gasteiger partial charge in [-0.3, -0.25) is 9.59 Å². The van der Waals surface area contributed by atoms with E-state index in [1.165, 1.54) is 0 Å². The van der Waals surface area contributed by atoms with Crippen molar-refractivity contribution in [3.8, 4) is 0 Å². The number of carbonyl (C=O) groups is 3. The van der Waals surface area contributed by atoms with E-state index in [-0.39, 0.29) is 6.42 Å². The van der Waals surface area contributed by atoms with Crippen molar-refractivity contribution in [2.45, 2.75) is 89.0 Å². The highest BCUT2D eigenvalue weighted by Gasteiger charge is 2.61. The Balaban J connectivity index is 1.63. The Morgan fingerprint density at radius 2 is 1.68 bits per heavy atom. The van der Waals surface area contributed by atoms with Crippen LogP contribution < -0.4 is 10.6 Å². The average Bonchev–Trinajstić information content (AvgIpc) is 2.68. The molecule has 4 aliphatic carbocycles. The molecule has 1 aromatic rings. The van der Waals surface area contributed by atoms with E-state index in [2.05, 4.69) is 10.6 Å². The number of carboxylic acids is 1. The number of benzene rings is 1. The van der Waals surface area contributed by atoms with Crippen LogP contribution in [0, 0.1) is 17.3 Å². The van der Waals surface area contributed by atoms with E-state index in [0.29, 0.717) is 23.8 Å². The molecule has 0 heterocycles. The summed E-state index contributed by atoms with van der Waals surface area (Å²) in [6, 6.07) is 7.29. The van der Waals surface area contributed by atoms with Gasteiger partial charge in [-0.25, -0.2) is 4.79 Å². The highest BCUT2D eigenvalue weighted by Crippen LogP contribution is 2.62. The second-order valence-electron chi connectivity index (χ2n) is 11.7. The fourth-order valence-corrected chi connectivity index (χ4v) is 6.91. The SMILES string of the molecule is CC(C)(C)OC(=O)N[C@@H](C(=O)N[C@H](CC(=O)O)c1ccccc1)C12CC3CC(CC(O)(C3)C1)C2. The van der Waals surface area contributed by atoms with Gasteiger partial charge in [-0.2, -0.15) is 0 Å². The minimum atomic E-state index is -1.03. The van der Waals surface area contributed by atoms with Crippen LogP contribution in [0.4, 0.5) is 4.79 Å². The van der Waals surface area contributed by atoms with E-state index in [9.17, 15) is 24.6 Å². The van der Waals surface area contributed by atoms with Crippen LogP contribution >= 0.6 is 0 Å². The maximum Gasteiger partial charge on any atom is 0.408 e. The van der Waals surface area contributed by atoms with Gasteiger partial charge in [0.1, 0.15) is 11.6 Å². The Labute approximate surface area is 200 Å². The van der Waals surface area contributed by atoms with Crippen molar-refractivity contribution >= 4 is 18.0 Å². The predicted octanol–water partition coefficient (Wildman–Crippen LogP) is 3.54. The minimum absolute atomic E-state index is 0.281. The normalized spacial score (nSPS) is 31.4. The molecule has 4 atom stereocenters. The molecule has 186 valence electrons. The number of rotatable bonds is 7. The van der Waals surface area contributed by atoms with Crippen LogP contribution in [0.1, 0.15) is 77.3 Å².